The van der Waals surface area contributed by atoms with Gasteiger partial charge in [0.25, 0.3) is 23.2 Å². The number of nitrogens with zero attached hydrogens (tertiary/aromatic N) is 2. The minimum atomic E-state index is -0.554. The lowest BCUT2D eigenvalue weighted by Crippen LogP contribution is -2.15. The van der Waals surface area contributed by atoms with Crippen LogP contribution in [0.3, 0.4) is 0 Å². The highest BCUT2D eigenvalue weighted by molar-refractivity contribution is 6.06. The molecule has 0 aromatic heterocycles. The second kappa shape index (κ2) is 8.82. The molecule has 2 amide bonds. The molecule has 0 fully saturated rings. The number of nitro benzene ring substituents is 2. The Kier molecular flexibility index (Phi) is 6.01. The van der Waals surface area contributed by atoms with E-state index in [0.29, 0.717) is 11.4 Å². The first-order valence-corrected chi connectivity index (χ1v) is 8.97. The Morgan fingerprint density at radius 3 is 1.61 bits per heavy atom. The van der Waals surface area contributed by atoms with Crippen molar-refractivity contribution in [3.8, 4) is 0 Å². The van der Waals surface area contributed by atoms with Gasteiger partial charge in [0.05, 0.1) is 9.85 Å². The second-order valence-electron chi connectivity index (χ2n) is 6.55. The van der Waals surface area contributed by atoms with Gasteiger partial charge in [-0.15, -0.1) is 0 Å². The van der Waals surface area contributed by atoms with Gasteiger partial charge < -0.3 is 10.6 Å². The van der Waals surface area contributed by atoms with Crippen molar-refractivity contribution in [2.24, 2.45) is 0 Å². The van der Waals surface area contributed by atoms with E-state index < -0.39 is 21.7 Å². The molecule has 0 aliphatic carbocycles. The first-order valence-electron chi connectivity index (χ1n) is 8.97. The maximum atomic E-state index is 12.5. The van der Waals surface area contributed by atoms with Gasteiger partial charge in [-0.1, -0.05) is 6.07 Å². The van der Waals surface area contributed by atoms with E-state index >= 15 is 0 Å². The summed E-state index contributed by atoms with van der Waals surface area (Å²) in [5, 5.41) is 26.8. The topological polar surface area (TPSA) is 144 Å². The molecule has 0 bridgehead atoms. The molecule has 2 N–H and O–H groups in total. The van der Waals surface area contributed by atoms with E-state index in [0.717, 1.165) is 5.56 Å². The number of benzene rings is 3. The van der Waals surface area contributed by atoms with Crippen molar-refractivity contribution < 1.29 is 19.4 Å². The molecule has 3 aromatic carbocycles. The molecular weight excluding hydrogens is 404 g/mol. The van der Waals surface area contributed by atoms with E-state index in [1.807, 2.05) is 0 Å². The third kappa shape index (κ3) is 5.07. The SMILES string of the molecule is Cc1ccc(NC(=O)c2ccc([N+](=O)[O-])cc2)cc1NC(=O)c1ccc([N+](=O)[O-])cc1. The molecule has 0 heterocycles. The number of hydrogen-bond acceptors (Lipinski definition) is 6. The summed E-state index contributed by atoms with van der Waals surface area (Å²) < 4.78 is 0. The molecule has 156 valence electrons. The first-order chi connectivity index (χ1) is 14.7. The van der Waals surface area contributed by atoms with Crippen molar-refractivity contribution in [1.29, 1.82) is 0 Å². The summed E-state index contributed by atoms with van der Waals surface area (Å²) in [6.45, 7) is 1.77. The summed E-state index contributed by atoms with van der Waals surface area (Å²) in [5.41, 5.74) is 1.83. The van der Waals surface area contributed by atoms with Crippen LogP contribution in [0.2, 0.25) is 0 Å². The van der Waals surface area contributed by atoms with Crippen molar-refractivity contribution in [2.45, 2.75) is 6.92 Å². The van der Waals surface area contributed by atoms with Gasteiger partial charge in [-0.25, -0.2) is 0 Å². The number of nitro groups is 2. The number of amides is 2. The molecule has 10 heteroatoms. The highest BCUT2D eigenvalue weighted by Gasteiger charge is 2.13. The highest BCUT2D eigenvalue weighted by Crippen LogP contribution is 2.22. The molecule has 0 aliphatic heterocycles. The van der Waals surface area contributed by atoms with Crippen molar-refractivity contribution >= 4 is 34.6 Å². The Morgan fingerprint density at radius 1 is 0.710 bits per heavy atom. The summed E-state index contributed by atoms with van der Waals surface area (Å²) >= 11 is 0. The molecule has 0 unspecified atom stereocenters. The predicted octanol–water partition coefficient (Wildman–Crippen LogP) is 4.32. The summed E-state index contributed by atoms with van der Waals surface area (Å²) in [4.78, 5) is 45.2. The van der Waals surface area contributed by atoms with Crippen LogP contribution in [0.25, 0.3) is 0 Å². The van der Waals surface area contributed by atoms with Crippen molar-refractivity contribution in [2.75, 3.05) is 10.6 Å². The van der Waals surface area contributed by atoms with Crippen LogP contribution >= 0.6 is 0 Å². The molecule has 3 rings (SSSR count). The standard InChI is InChI=1S/C21H16N4O6/c1-13-2-7-16(22-20(26)14-3-8-17(9-4-14)24(28)29)12-19(13)23-21(27)15-5-10-18(11-6-15)25(30)31/h2-12H,1H3,(H,22,26)(H,23,27). The van der Waals surface area contributed by atoms with E-state index in [-0.39, 0.29) is 22.5 Å². The Hall–Kier alpha value is -4.60. The number of hydrogen-bond donors (Lipinski definition) is 2. The van der Waals surface area contributed by atoms with E-state index in [2.05, 4.69) is 10.6 Å². The van der Waals surface area contributed by atoms with Crippen molar-refractivity contribution in [1.82, 2.24) is 0 Å². The molecule has 0 atom stereocenters. The molecule has 0 radical (unpaired) electrons. The maximum Gasteiger partial charge on any atom is 0.269 e. The van der Waals surface area contributed by atoms with Crippen molar-refractivity contribution in [3.63, 3.8) is 0 Å². The molecule has 31 heavy (non-hydrogen) atoms. The molecule has 0 aliphatic rings. The van der Waals surface area contributed by atoms with E-state index in [4.69, 9.17) is 0 Å². The van der Waals surface area contributed by atoms with Gasteiger partial charge in [-0.05, 0) is 48.9 Å². The second-order valence-corrected chi connectivity index (χ2v) is 6.55. The monoisotopic (exact) mass is 420 g/mol. The maximum absolute atomic E-state index is 12.5. The van der Waals surface area contributed by atoms with Crippen LogP contribution in [0.4, 0.5) is 22.7 Å². The summed E-state index contributed by atoms with van der Waals surface area (Å²) in [6.07, 6.45) is 0. The van der Waals surface area contributed by atoms with Gasteiger partial charge in [0.2, 0.25) is 0 Å². The van der Waals surface area contributed by atoms with Crippen LogP contribution in [0.1, 0.15) is 26.3 Å². The zero-order chi connectivity index (χ0) is 22.5. The average Bonchev–Trinajstić information content (AvgIpc) is 2.76. The fraction of sp³-hybridized carbons (Fsp3) is 0.0476. The highest BCUT2D eigenvalue weighted by atomic mass is 16.6. The quantitative estimate of drug-likeness (QED) is 0.449. The molecule has 0 saturated heterocycles. The van der Waals surface area contributed by atoms with Crippen LogP contribution in [0, 0.1) is 27.2 Å². The minimum Gasteiger partial charge on any atom is -0.322 e. The Labute approximate surface area is 175 Å². The number of anilines is 2. The van der Waals surface area contributed by atoms with Gasteiger partial charge in [0, 0.05) is 46.8 Å². The Morgan fingerprint density at radius 2 is 1.16 bits per heavy atom. The smallest absolute Gasteiger partial charge is 0.269 e. The third-order valence-electron chi connectivity index (χ3n) is 4.42. The molecule has 10 nitrogen and oxygen atoms in total. The normalized spacial score (nSPS) is 10.2. The number of carbonyl (C=O) groups is 2. The van der Waals surface area contributed by atoms with Crippen molar-refractivity contribution in [3.05, 3.63) is 104 Å². The lowest BCUT2D eigenvalue weighted by molar-refractivity contribution is -0.385. The van der Waals surface area contributed by atoms with E-state index in [1.54, 1.807) is 25.1 Å². The summed E-state index contributed by atoms with van der Waals surface area (Å²) in [7, 11) is 0. The van der Waals surface area contributed by atoms with Crippen LogP contribution in [-0.4, -0.2) is 21.7 Å². The van der Waals surface area contributed by atoms with Crippen LogP contribution in [0.15, 0.2) is 66.7 Å². The fourth-order valence-electron chi connectivity index (χ4n) is 2.70. The average molecular weight is 420 g/mol. The van der Waals surface area contributed by atoms with E-state index in [9.17, 15) is 29.8 Å². The Balaban J connectivity index is 1.73. The van der Waals surface area contributed by atoms with Gasteiger partial charge in [0.1, 0.15) is 0 Å². The largest absolute Gasteiger partial charge is 0.322 e. The zero-order valence-electron chi connectivity index (χ0n) is 16.2. The van der Waals surface area contributed by atoms with Gasteiger partial charge in [-0.3, -0.25) is 29.8 Å². The number of carbonyl (C=O) groups excluding carboxylic acids is 2. The van der Waals surface area contributed by atoms with Gasteiger partial charge in [0.15, 0.2) is 0 Å². The third-order valence-corrected chi connectivity index (χ3v) is 4.42. The van der Waals surface area contributed by atoms with Gasteiger partial charge >= 0.3 is 0 Å². The lowest BCUT2D eigenvalue weighted by atomic mass is 10.1. The number of nitrogens with one attached hydrogen (secondary N) is 2. The Bertz CT molecular complexity index is 1170. The van der Waals surface area contributed by atoms with Crippen LogP contribution in [-0.2, 0) is 0 Å². The first kappa shape index (κ1) is 21.1. The molecule has 0 spiro atoms. The fourth-order valence-corrected chi connectivity index (χ4v) is 2.70. The predicted molar refractivity (Wildman–Crippen MR) is 113 cm³/mol. The van der Waals surface area contributed by atoms with E-state index in [1.165, 1.54) is 48.5 Å². The number of non-ortho nitro benzene ring substituents is 2. The van der Waals surface area contributed by atoms with Gasteiger partial charge in [-0.2, -0.15) is 0 Å². The summed E-state index contributed by atoms with van der Waals surface area (Å²) in [5.74, 6) is -0.928. The number of rotatable bonds is 6. The lowest BCUT2D eigenvalue weighted by Gasteiger charge is -2.12. The number of aryl methyl sites for hydroxylation is 1. The molecular formula is C21H16N4O6. The van der Waals surface area contributed by atoms with Crippen LogP contribution < -0.4 is 10.6 Å². The van der Waals surface area contributed by atoms with Crippen LogP contribution in [0.5, 0.6) is 0 Å². The molecule has 3 aromatic rings. The molecule has 0 saturated carbocycles. The minimum absolute atomic E-state index is 0.122. The summed E-state index contributed by atoms with van der Waals surface area (Å²) in [6, 6.07) is 15.3. The zero-order valence-corrected chi connectivity index (χ0v) is 16.2.